The summed E-state index contributed by atoms with van der Waals surface area (Å²) in [5, 5.41) is 0. The van der Waals surface area contributed by atoms with Gasteiger partial charge in [-0.3, -0.25) is 9.69 Å². The molecular weight excluding hydrogens is 341 g/mol. The van der Waals surface area contributed by atoms with Gasteiger partial charge in [0, 0.05) is 19.6 Å². The van der Waals surface area contributed by atoms with E-state index in [4.69, 9.17) is 0 Å². The largest absolute Gasteiger partial charge is 0.416 e. The lowest BCUT2D eigenvalue weighted by atomic mass is 9.90. The van der Waals surface area contributed by atoms with Gasteiger partial charge >= 0.3 is 6.18 Å². The molecule has 26 heavy (non-hydrogen) atoms. The van der Waals surface area contributed by atoms with E-state index in [0.717, 1.165) is 38.4 Å². The topological polar surface area (TPSA) is 23.6 Å². The molecule has 1 saturated heterocycles. The number of amides is 1. The number of likely N-dealkylation sites (N-methyl/N-ethyl adjacent to an activating group) is 1. The molecule has 1 aromatic carbocycles. The summed E-state index contributed by atoms with van der Waals surface area (Å²) in [6.45, 7) is 6.02. The van der Waals surface area contributed by atoms with Crippen LogP contribution in [-0.2, 0) is 17.4 Å². The number of alkyl halides is 3. The Hall–Kier alpha value is -1.56. The van der Waals surface area contributed by atoms with E-state index in [1.54, 1.807) is 17.0 Å². The molecule has 146 valence electrons. The molecule has 1 aliphatic heterocycles. The SMILES string of the molecule is CC(C)N(C)C(=O)CN1CCC[C@@H](CCc2ccccc2C(F)(F)F)C1. The predicted molar refractivity (Wildman–Crippen MR) is 96.8 cm³/mol. The number of benzene rings is 1. The third-order valence-electron chi connectivity index (χ3n) is 5.27. The number of likely N-dealkylation sites (tertiary alicyclic amines) is 1. The van der Waals surface area contributed by atoms with Gasteiger partial charge in [0.1, 0.15) is 0 Å². The van der Waals surface area contributed by atoms with E-state index in [9.17, 15) is 18.0 Å². The maximum absolute atomic E-state index is 13.1. The van der Waals surface area contributed by atoms with E-state index in [1.165, 1.54) is 6.07 Å². The first-order chi connectivity index (χ1) is 12.2. The normalized spacial score (nSPS) is 19.0. The first kappa shape index (κ1) is 20.7. The molecule has 1 aromatic rings. The summed E-state index contributed by atoms with van der Waals surface area (Å²) in [5.41, 5.74) is -0.158. The number of aryl methyl sites for hydroxylation is 1. The maximum atomic E-state index is 13.1. The second-order valence-corrected chi connectivity index (χ2v) is 7.54. The van der Waals surface area contributed by atoms with Crippen LogP contribution in [0.15, 0.2) is 24.3 Å². The van der Waals surface area contributed by atoms with Crippen LogP contribution in [0.25, 0.3) is 0 Å². The Morgan fingerprint density at radius 2 is 2.00 bits per heavy atom. The van der Waals surface area contributed by atoms with Crippen molar-refractivity contribution in [1.29, 1.82) is 0 Å². The smallest absolute Gasteiger partial charge is 0.342 e. The molecule has 1 heterocycles. The van der Waals surface area contributed by atoms with Crippen molar-refractivity contribution in [2.24, 2.45) is 5.92 Å². The van der Waals surface area contributed by atoms with Crippen LogP contribution >= 0.6 is 0 Å². The third-order valence-corrected chi connectivity index (χ3v) is 5.27. The van der Waals surface area contributed by atoms with Crippen molar-refractivity contribution in [3.63, 3.8) is 0 Å². The van der Waals surface area contributed by atoms with Gasteiger partial charge in [0.15, 0.2) is 0 Å². The lowest BCUT2D eigenvalue weighted by Gasteiger charge is -2.34. The average molecular weight is 370 g/mol. The van der Waals surface area contributed by atoms with Gasteiger partial charge < -0.3 is 4.90 Å². The number of halogens is 3. The number of hydrogen-bond donors (Lipinski definition) is 0. The Bertz CT molecular complexity index is 601. The molecule has 0 radical (unpaired) electrons. The minimum Gasteiger partial charge on any atom is -0.342 e. The van der Waals surface area contributed by atoms with Gasteiger partial charge in [0.05, 0.1) is 12.1 Å². The lowest BCUT2D eigenvalue weighted by molar-refractivity contribution is -0.138. The number of carbonyl (C=O) groups is 1. The van der Waals surface area contributed by atoms with Crippen LogP contribution in [0, 0.1) is 5.92 Å². The molecule has 1 atom stereocenters. The first-order valence-electron chi connectivity index (χ1n) is 9.31. The zero-order valence-corrected chi connectivity index (χ0v) is 15.9. The molecule has 0 bridgehead atoms. The van der Waals surface area contributed by atoms with Crippen LogP contribution in [0.4, 0.5) is 13.2 Å². The van der Waals surface area contributed by atoms with E-state index >= 15 is 0 Å². The van der Waals surface area contributed by atoms with Crippen molar-refractivity contribution in [3.8, 4) is 0 Å². The molecule has 2 rings (SSSR count). The zero-order valence-electron chi connectivity index (χ0n) is 15.9. The Labute approximate surface area is 154 Å². The minimum atomic E-state index is -4.30. The van der Waals surface area contributed by atoms with Crippen molar-refractivity contribution in [3.05, 3.63) is 35.4 Å². The highest BCUT2D eigenvalue weighted by Gasteiger charge is 2.33. The van der Waals surface area contributed by atoms with Gasteiger partial charge in [-0.1, -0.05) is 18.2 Å². The average Bonchev–Trinajstić information content (AvgIpc) is 2.59. The molecule has 0 aromatic heterocycles. The summed E-state index contributed by atoms with van der Waals surface area (Å²) in [6, 6.07) is 6.00. The molecule has 1 fully saturated rings. The standard InChI is InChI=1S/C20H29F3N2O/c1-15(2)24(3)19(26)14-25-12-6-7-16(13-25)10-11-17-8-4-5-9-18(17)20(21,22)23/h4-5,8-9,15-16H,6-7,10-14H2,1-3H3/t16-/m0/s1. The summed E-state index contributed by atoms with van der Waals surface area (Å²) < 4.78 is 39.3. The molecule has 6 heteroatoms. The Morgan fingerprint density at radius 3 is 2.65 bits per heavy atom. The molecule has 0 spiro atoms. The molecule has 0 aliphatic carbocycles. The highest BCUT2D eigenvalue weighted by atomic mass is 19.4. The third kappa shape index (κ3) is 5.73. The lowest BCUT2D eigenvalue weighted by Crippen LogP contribution is -2.45. The molecule has 0 saturated carbocycles. The summed E-state index contributed by atoms with van der Waals surface area (Å²) >= 11 is 0. The summed E-state index contributed by atoms with van der Waals surface area (Å²) in [7, 11) is 1.81. The fourth-order valence-corrected chi connectivity index (χ4v) is 3.50. The van der Waals surface area contributed by atoms with E-state index in [0.29, 0.717) is 24.4 Å². The van der Waals surface area contributed by atoms with Crippen molar-refractivity contribution in [2.45, 2.75) is 51.7 Å². The molecule has 0 N–H and O–H groups in total. The van der Waals surface area contributed by atoms with Crippen LogP contribution < -0.4 is 0 Å². The first-order valence-corrected chi connectivity index (χ1v) is 9.31. The highest BCUT2D eigenvalue weighted by molar-refractivity contribution is 5.78. The van der Waals surface area contributed by atoms with Crippen LogP contribution in [0.5, 0.6) is 0 Å². The van der Waals surface area contributed by atoms with E-state index in [-0.39, 0.29) is 11.9 Å². The Kier molecular flexibility index (Phi) is 7.09. The van der Waals surface area contributed by atoms with Crippen molar-refractivity contribution < 1.29 is 18.0 Å². The fourth-order valence-electron chi connectivity index (χ4n) is 3.50. The molecule has 1 amide bonds. The van der Waals surface area contributed by atoms with Crippen LogP contribution in [0.3, 0.4) is 0 Å². The number of piperidine rings is 1. The van der Waals surface area contributed by atoms with Crippen LogP contribution in [0.2, 0.25) is 0 Å². The Morgan fingerprint density at radius 1 is 1.31 bits per heavy atom. The monoisotopic (exact) mass is 370 g/mol. The van der Waals surface area contributed by atoms with Gasteiger partial charge in [0.25, 0.3) is 0 Å². The van der Waals surface area contributed by atoms with E-state index in [2.05, 4.69) is 4.90 Å². The van der Waals surface area contributed by atoms with E-state index in [1.807, 2.05) is 20.9 Å². The quantitative estimate of drug-likeness (QED) is 0.749. The predicted octanol–water partition coefficient (Wildman–Crippen LogP) is 4.22. The van der Waals surface area contributed by atoms with Gasteiger partial charge in [0.2, 0.25) is 5.91 Å². The Balaban J connectivity index is 1.90. The van der Waals surface area contributed by atoms with Crippen molar-refractivity contribution in [1.82, 2.24) is 9.80 Å². The van der Waals surface area contributed by atoms with Gasteiger partial charge in [-0.2, -0.15) is 13.2 Å². The van der Waals surface area contributed by atoms with E-state index < -0.39 is 11.7 Å². The molecule has 0 unspecified atom stereocenters. The molecular formula is C20H29F3N2O. The van der Waals surface area contributed by atoms with Crippen LogP contribution in [-0.4, -0.2) is 48.4 Å². The second kappa shape index (κ2) is 8.89. The number of rotatable bonds is 6. The highest BCUT2D eigenvalue weighted by Crippen LogP contribution is 2.33. The fraction of sp³-hybridized carbons (Fsp3) is 0.650. The zero-order chi connectivity index (χ0) is 19.3. The van der Waals surface area contributed by atoms with Crippen molar-refractivity contribution in [2.75, 3.05) is 26.7 Å². The van der Waals surface area contributed by atoms with Crippen LogP contribution in [0.1, 0.15) is 44.2 Å². The van der Waals surface area contributed by atoms with Gasteiger partial charge in [-0.05, 0) is 63.6 Å². The summed E-state index contributed by atoms with van der Waals surface area (Å²) in [5.74, 6) is 0.435. The molecule has 3 nitrogen and oxygen atoms in total. The number of nitrogens with zero attached hydrogens (tertiary/aromatic N) is 2. The molecule has 1 aliphatic rings. The summed E-state index contributed by atoms with van der Waals surface area (Å²) in [6.07, 6.45) is -1.15. The van der Waals surface area contributed by atoms with Gasteiger partial charge in [-0.25, -0.2) is 0 Å². The van der Waals surface area contributed by atoms with Crippen molar-refractivity contribution >= 4 is 5.91 Å². The summed E-state index contributed by atoms with van der Waals surface area (Å²) in [4.78, 5) is 16.1. The number of carbonyl (C=O) groups excluding carboxylic acids is 1. The number of hydrogen-bond acceptors (Lipinski definition) is 2. The minimum absolute atomic E-state index is 0.100. The maximum Gasteiger partial charge on any atom is 0.416 e. The van der Waals surface area contributed by atoms with Gasteiger partial charge in [-0.15, -0.1) is 0 Å². The second-order valence-electron chi connectivity index (χ2n) is 7.54.